The zero-order valence-electron chi connectivity index (χ0n) is 15.9. The fourth-order valence-electron chi connectivity index (χ4n) is 2.17. The zero-order valence-corrected chi connectivity index (χ0v) is 16.7. The van der Waals surface area contributed by atoms with Gasteiger partial charge in [-0.25, -0.2) is 0 Å². The van der Waals surface area contributed by atoms with E-state index in [0.29, 0.717) is 6.42 Å². The van der Waals surface area contributed by atoms with E-state index < -0.39 is 23.6 Å². The van der Waals surface area contributed by atoms with Gasteiger partial charge in [0.15, 0.2) is 5.78 Å². The first-order valence-corrected chi connectivity index (χ1v) is 9.46. The van der Waals surface area contributed by atoms with Crippen molar-refractivity contribution < 1.29 is 14.3 Å². The molecule has 0 saturated carbocycles. The molecule has 0 fully saturated rings. The summed E-state index contributed by atoms with van der Waals surface area (Å²) in [6.07, 6.45) is 1.95. The van der Waals surface area contributed by atoms with Gasteiger partial charge in [-0.1, -0.05) is 20.8 Å². The molecule has 0 rings (SSSR count). The molecule has 3 unspecified atom stereocenters. The predicted molar refractivity (Wildman–Crippen MR) is 97.7 cm³/mol. The van der Waals surface area contributed by atoms with E-state index in [1.807, 2.05) is 47.8 Å². The smallest absolute Gasteiger partial charge is 0.323 e. The minimum absolute atomic E-state index is 0.0900. The van der Waals surface area contributed by atoms with Gasteiger partial charge in [-0.3, -0.25) is 14.9 Å². The molecule has 3 N–H and O–H groups in total. The topological polar surface area (TPSA) is 81.4 Å². The Morgan fingerprint density at radius 2 is 1.70 bits per heavy atom. The Hall–Kier alpha value is -0.590. The fraction of sp³-hybridized carbons (Fsp3) is 0.882. The maximum atomic E-state index is 12.4. The number of carbonyl (C=O) groups is 2. The molecule has 0 aromatic heterocycles. The Kier molecular flexibility index (Phi) is 8.81. The van der Waals surface area contributed by atoms with Crippen LogP contribution in [0.4, 0.5) is 0 Å². The molecule has 0 aromatic rings. The third-order valence-electron chi connectivity index (χ3n) is 3.32. The lowest BCUT2D eigenvalue weighted by Gasteiger charge is -2.30. The standard InChI is InChI=1S/C17H34N2O3S/c1-11(19-17(5,6)7)15(21)22-12(9-10-23-8)13(18)14(20)16(2,3)4/h11-13,19H,9-10,18H2,1-8H3. The maximum absolute atomic E-state index is 12.4. The molecule has 0 aliphatic rings. The van der Waals surface area contributed by atoms with Crippen molar-refractivity contribution in [2.24, 2.45) is 11.1 Å². The third-order valence-corrected chi connectivity index (χ3v) is 3.96. The molecule has 0 spiro atoms. The summed E-state index contributed by atoms with van der Waals surface area (Å²) in [6.45, 7) is 13.2. The largest absolute Gasteiger partial charge is 0.459 e. The molecule has 5 nitrogen and oxygen atoms in total. The van der Waals surface area contributed by atoms with Crippen LogP contribution in [0.3, 0.4) is 0 Å². The molecule has 0 heterocycles. The van der Waals surface area contributed by atoms with E-state index in [0.717, 1.165) is 5.75 Å². The van der Waals surface area contributed by atoms with E-state index in [1.165, 1.54) is 0 Å². The van der Waals surface area contributed by atoms with Gasteiger partial charge in [0, 0.05) is 11.0 Å². The summed E-state index contributed by atoms with van der Waals surface area (Å²) in [5.41, 5.74) is 5.35. The van der Waals surface area contributed by atoms with E-state index >= 15 is 0 Å². The highest BCUT2D eigenvalue weighted by Gasteiger charge is 2.35. The second-order valence-electron chi connectivity index (χ2n) is 8.01. The van der Waals surface area contributed by atoms with Gasteiger partial charge in [0.2, 0.25) is 0 Å². The van der Waals surface area contributed by atoms with Crippen LogP contribution in [-0.2, 0) is 14.3 Å². The van der Waals surface area contributed by atoms with Gasteiger partial charge in [0.1, 0.15) is 18.2 Å². The average molecular weight is 347 g/mol. The molecule has 6 heteroatoms. The van der Waals surface area contributed by atoms with Gasteiger partial charge >= 0.3 is 5.97 Å². The van der Waals surface area contributed by atoms with Crippen molar-refractivity contribution in [1.29, 1.82) is 0 Å². The Labute approximate surface area is 145 Å². The lowest BCUT2D eigenvalue weighted by atomic mass is 9.84. The summed E-state index contributed by atoms with van der Waals surface area (Å²) in [7, 11) is 0. The Morgan fingerprint density at radius 1 is 1.17 bits per heavy atom. The van der Waals surface area contributed by atoms with E-state index in [-0.39, 0.29) is 17.3 Å². The summed E-state index contributed by atoms with van der Waals surface area (Å²) in [5, 5.41) is 3.17. The first-order chi connectivity index (χ1) is 10.3. The van der Waals surface area contributed by atoms with Gasteiger partial charge in [0.05, 0.1) is 0 Å². The number of nitrogens with two attached hydrogens (primary N) is 1. The summed E-state index contributed by atoms with van der Waals surface area (Å²) >= 11 is 1.64. The summed E-state index contributed by atoms with van der Waals surface area (Å²) in [6, 6.07) is -1.25. The number of ketones is 1. The highest BCUT2D eigenvalue weighted by atomic mass is 32.2. The van der Waals surface area contributed by atoms with Crippen LogP contribution in [0.25, 0.3) is 0 Å². The average Bonchev–Trinajstić information content (AvgIpc) is 2.38. The van der Waals surface area contributed by atoms with Gasteiger partial charge in [0.25, 0.3) is 0 Å². The molecule has 0 amide bonds. The minimum atomic E-state index is -0.798. The number of thioether (sulfide) groups is 1. The van der Waals surface area contributed by atoms with Crippen LogP contribution >= 0.6 is 11.8 Å². The maximum Gasteiger partial charge on any atom is 0.323 e. The molecule has 0 aliphatic heterocycles. The lowest BCUT2D eigenvalue weighted by Crippen LogP contribution is -2.52. The normalized spacial score (nSPS) is 16.6. The molecule has 0 aliphatic carbocycles. The van der Waals surface area contributed by atoms with E-state index in [1.54, 1.807) is 18.7 Å². The summed E-state index contributed by atoms with van der Waals surface area (Å²) < 4.78 is 5.58. The Morgan fingerprint density at radius 3 is 2.09 bits per heavy atom. The summed E-state index contributed by atoms with van der Waals surface area (Å²) in [4.78, 5) is 24.7. The molecule has 0 radical (unpaired) electrons. The van der Waals surface area contributed by atoms with E-state index in [9.17, 15) is 9.59 Å². The van der Waals surface area contributed by atoms with Crippen molar-refractivity contribution in [3.05, 3.63) is 0 Å². The SMILES string of the molecule is CSCCC(OC(=O)C(C)NC(C)(C)C)C(N)C(=O)C(C)(C)C. The van der Waals surface area contributed by atoms with Crippen LogP contribution in [0.15, 0.2) is 0 Å². The molecule has 136 valence electrons. The first kappa shape index (κ1) is 22.4. The predicted octanol–water partition coefficient (Wildman–Crippen LogP) is 2.37. The van der Waals surface area contributed by atoms with E-state index in [2.05, 4.69) is 5.32 Å². The van der Waals surface area contributed by atoms with Crippen LogP contribution in [0.5, 0.6) is 0 Å². The van der Waals surface area contributed by atoms with Crippen molar-refractivity contribution in [3.63, 3.8) is 0 Å². The molecular formula is C17H34N2O3S. The van der Waals surface area contributed by atoms with Crippen molar-refractivity contribution in [2.75, 3.05) is 12.0 Å². The van der Waals surface area contributed by atoms with Gasteiger partial charge < -0.3 is 10.5 Å². The summed E-state index contributed by atoms with van der Waals surface area (Å²) in [5.74, 6) is 0.320. The van der Waals surface area contributed by atoms with Crippen molar-refractivity contribution in [1.82, 2.24) is 5.32 Å². The van der Waals surface area contributed by atoms with Crippen LogP contribution in [0.1, 0.15) is 54.9 Å². The molecule has 0 bridgehead atoms. The first-order valence-electron chi connectivity index (χ1n) is 8.06. The number of rotatable bonds is 8. The highest BCUT2D eigenvalue weighted by Crippen LogP contribution is 2.20. The van der Waals surface area contributed by atoms with Crippen molar-refractivity contribution in [2.45, 2.75) is 78.6 Å². The second-order valence-corrected chi connectivity index (χ2v) is 9.00. The molecular weight excluding hydrogens is 312 g/mol. The number of carbonyl (C=O) groups excluding carboxylic acids is 2. The van der Waals surface area contributed by atoms with Crippen LogP contribution in [-0.4, -0.2) is 47.5 Å². The van der Waals surface area contributed by atoms with Crippen LogP contribution < -0.4 is 11.1 Å². The lowest BCUT2D eigenvalue weighted by molar-refractivity contribution is -0.154. The number of esters is 1. The quantitative estimate of drug-likeness (QED) is 0.657. The number of Topliss-reactive ketones (excluding diaryl/α,β-unsaturated/α-hetero) is 1. The van der Waals surface area contributed by atoms with Gasteiger partial charge in [-0.15, -0.1) is 0 Å². The number of hydrogen-bond acceptors (Lipinski definition) is 6. The monoisotopic (exact) mass is 346 g/mol. The van der Waals surface area contributed by atoms with Gasteiger partial charge in [-0.05, 0) is 46.1 Å². The second kappa shape index (κ2) is 9.04. The number of ether oxygens (including phenoxy) is 1. The Balaban J connectivity index is 4.98. The van der Waals surface area contributed by atoms with Crippen molar-refractivity contribution in [3.8, 4) is 0 Å². The number of hydrogen-bond donors (Lipinski definition) is 2. The molecule has 3 atom stereocenters. The van der Waals surface area contributed by atoms with Crippen LogP contribution in [0, 0.1) is 5.41 Å². The third kappa shape index (κ3) is 8.72. The van der Waals surface area contributed by atoms with Crippen LogP contribution in [0.2, 0.25) is 0 Å². The molecule has 0 aromatic carbocycles. The van der Waals surface area contributed by atoms with Crippen molar-refractivity contribution >= 4 is 23.5 Å². The minimum Gasteiger partial charge on any atom is -0.459 e. The highest BCUT2D eigenvalue weighted by molar-refractivity contribution is 7.98. The Bertz CT molecular complexity index is 400. The molecule has 0 saturated heterocycles. The fourth-order valence-corrected chi connectivity index (χ4v) is 2.64. The van der Waals surface area contributed by atoms with E-state index in [4.69, 9.17) is 10.5 Å². The van der Waals surface area contributed by atoms with Gasteiger partial charge in [-0.2, -0.15) is 11.8 Å². The molecule has 23 heavy (non-hydrogen) atoms. The zero-order chi connectivity index (χ0) is 18.4. The number of nitrogens with one attached hydrogen (secondary N) is 1.